The highest BCUT2D eigenvalue weighted by molar-refractivity contribution is 5.85. The lowest BCUT2D eigenvalue weighted by Gasteiger charge is -2.21. The summed E-state index contributed by atoms with van der Waals surface area (Å²) >= 11 is 0. The molecular weight excluding hydrogens is 270 g/mol. The van der Waals surface area contributed by atoms with Crippen LogP contribution in [-0.2, 0) is 0 Å². The van der Waals surface area contributed by atoms with Crippen molar-refractivity contribution in [1.82, 2.24) is 20.6 Å². The van der Waals surface area contributed by atoms with Crippen LogP contribution in [0.5, 0.6) is 5.75 Å². The van der Waals surface area contributed by atoms with E-state index in [2.05, 4.69) is 49.9 Å². The van der Waals surface area contributed by atoms with Gasteiger partial charge in [0.2, 0.25) is 0 Å². The molecule has 1 heterocycles. The molecule has 2 N–H and O–H groups in total. The Labute approximate surface area is 123 Å². The molecule has 1 aromatic carbocycles. The Balaban J connectivity index is 2.14. The Bertz CT molecular complexity index is 578. The van der Waals surface area contributed by atoms with E-state index >= 15 is 0 Å². The first-order valence-corrected chi connectivity index (χ1v) is 6.74. The molecule has 0 spiro atoms. The molecule has 8 nitrogen and oxygen atoms in total. The van der Waals surface area contributed by atoms with Crippen molar-refractivity contribution in [3.8, 4) is 5.75 Å². The fourth-order valence-corrected chi connectivity index (χ4v) is 1.96. The quantitative estimate of drug-likeness (QED) is 0.593. The number of aromatic nitrogens is 4. The molecule has 2 aromatic rings. The standard InChI is InChI=1S/C13H19N7O/c1-4-20(5-2)11-7-6-10(12(8-11)21-3)9-14-15-13-16-18-19-17-13/h6-9H,4-5H2,1-3H3,(H2,15,16,17,18,19). The Morgan fingerprint density at radius 2 is 2.19 bits per heavy atom. The van der Waals surface area contributed by atoms with Crippen molar-refractivity contribution >= 4 is 17.9 Å². The molecule has 0 bridgehead atoms. The van der Waals surface area contributed by atoms with Crippen LogP contribution >= 0.6 is 0 Å². The average molecular weight is 289 g/mol. The Morgan fingerprint density at radius 1 is 1.38 bits per heavy atom. The molecule has 0 saturated heterocycles. The highest BCUT2D eigenvalue weighted by Crippen LogP contribution is 2.24. The zero-order valence-electron chi connectivity index (χ0n) is 12.4. The number of hydrogen-bond acceptors (Lipinski definition) is 7. The van der Waals surface area contributed by atoms with Gasteiger partial charge < -0.3 is 9.64 Å². The topological polar surface area (TPSA) is 91.3 Å². The summed E-state index contributed by atoms with van der Waals surface area (Å²) in [4.78, 5) is 2.25. The molecule has 0 fully saturated rings. The van der Waals surface area contributed by atoms with E-state index in [1.807, 2.05) is 18.2 Å². The fraction of sp³-hybridized carbons (Fsp3) is 0.385. The van der Waals surface area contributed by atoms with Crippen LogP contribution in [0.4, 0.5) is 11.6 Å². The number of hydrogen-bond donors (Lipinski definition) is 2. The third-order valence-corrected chi connectivity index (χ3v) is 3.06. The molecule has 0 unspecified atom stereocenters. The number of aromatic amines is 1. The van der Waals surface area contributed by atoms with Gasteiger partial charge in [-0.25, -0.2) is 5.43 Å². The summed E-state index contributed by atoms with van der Waals surface area (Å²) in [6, 6.07) is 6.02. The molecule has 8 heteroatoms. The second-order valence-corrected chi connectivity index (χ2v) is 4.20. The van der Waals surface area contributed by atoms with Crippen LogP contribution in [0.1, 0.15) is 19.4 Å². The molecule has 0 aliphatic rings. The summed E-state index contributed by atoms with van der Waals surface area (Å²) in [5.41, 5.74) is 4.66. The van der Waals surface area contributed by atoms with Gasteiger partial charge in [-0.1, -0.05) is 5.10 Å². The van der Waals surface area contributed by atoms with Gasteiger partial charge in [-0.2, -0.15) is 10.3 Å². The largest absolute Gasteiger partial charge is 0.496 e. The van der Waals surface area contributed by atoms with Crippen LogP contribution in [0.3, 0.4) is 0 Å². The summed E-state index contributed by atoms with van der Waals surface area (Å²) in [7, 11) is 1.64. The van der Waals surface area contributed by atoms with E-state index in [1.165, 1.54) is 0 Å². The first-order chi connectivity index (χ1) is 10.3. The van der Waals surface area contributed by atoms with E-state index in [0.29, 0.717) is 5.95 Å². The number of tetrazole rings is 1. The smallest absolute Gasteiger partial charge is 0.283 e. The Hall–Kier alpha value is -2.64. The number of nitrogens with zero attached hydrogens (tertiary/aromatic N) is 5. The van der Waals surface area contributed by atoms with Gasteiger partial charge >= 0.3 is 0 Å². The molecule has 0 aliphatic carbocycles. The van der Waals surface area contributed by atoms with E-state index in [9.17, 15) is 0 Å². The van der Waals surface area contributed by atoms with Gasteiger partial charge in [-0.15, -0.1) is 5.10 Å². The van der Waals surface area contributed by atoms with Crippen LogP contribution in [0, 0.1) is 0 Å². The number of benzene rings is 1. The number of nitrogens with one attached hydrogen (secondary N) is 2. The molecular formula is C13H19N7O. The fourth-order valence-electron chi connectivity index (χ4n) is 1.96. The molecule has 0 atom stereocenters. The minimum Gasteiger partial charge on any atom is -0.496 e. The minimum absolute atomic E-state index is 0.310. The van der Waals surface area contributed by atoms with Gasteiger partial charge in [0.05, 0.1) is 13.3 Å². The second-order valence-electron chi connectivity index (χ2n) is 4.20. The molecule has 1 aromatic heterocycles. The summed E-state index contributed by atoms with van der Waals surface area (Å²) in [6.07, 6.45) is 1.65. The first-order valence-electron chi connectivity index (χ1n) is 6.74. The number of anilines is 2. The lowest BCUT2D eigenvalue weighted by Crippen LogP contribution is -2.21. The van der Waals surface area contributed by atoms with Crippen LogP contribution in [0.25, 0.3) is 0 Å². The van der Waals surface area contributed by atoms with Gasteiger partial charge in [0, 0.05) is 30.4 Å². The molecule has 0 aliphatic heterocycles. The molecule has 0 amide bonds. The van der Waals surface area contributed by atoms with E-state index in [1.54, 1.807) is 13.3 Å². The summed E-state index contributed by atoms with van der Waals surface area (Å²) in [5, 5.41) is 17.3. The minimum atomic E-state index is 0.310. The lowest BCUT2D eigenvalue weighted by molar-refractivity contribution is 0.414. The van der Waals surface area contributed by atoms with E-state index in [0.717, 1.165) is 30.1 Å². The number of hydrazone groups is 1. The van der Waals surface area contributed by atoms with Gasteiger partial charge in [-0.05, 0) is 31.2 Å². The van der Waals surface area contributed by atoms with E-state index in [-0.39, 0.29) is 0 Å². The van der Waals surface area contributed by atoms with Crippen LogP contribution in [0.2, 0.25) is 0 Å². The van der Waals surface area contributed by atoms with Crippen molar-refractivity contribution in [3.63, 3.8) is 0 Å². The van der Waals surface area contributed by atoms with Crippen molar-refractivity contribution < 1.29 is 4.74 Å². The molecule has 0 saturated carbocycles. The summed E-state index contributed by atoms with van der Waals surface area (Å²) in [6.45, 7) is 6.15. The summed E-state index contributed by atoms with van der Waals surface area (Å²) in [5.74, 6) is 1.07. The maximum atomic E-state index is 5.42. The van der Waals surface area contributed by atoms with Crippen molar-refractivity contribution in [2.45, 2.75) is 13.8 Å². The number of rotatable bonds is 7. The van der Waals surface area contributed by atoms with Crippen LogP contribution in [0.15, 0.2) is 23.3 Å². The van der Waals surface area contributed by atoms with E-state index < -0.39 is 0 Å². The number of H-pyrrole nitrogens is 1. The van der Waals surface area contributed by atoms with Gasteiger partial charge in [0.1, 0.15) is 5.75 Å². The van der Waals surface area contributed by atoms with Gasteiger partial charge in [-0.3, -0.25) is 0 Å². The highest BCUT2D eigenvalue weighted by atomic mass is 16.5. The van der Waals surface area contributed by atoms with Crippen LogP contribution < -0.4 is 15.1 Å². The highest BCUT2D eigenvalue weighted by Gasteiger charge is 2.06. The maximum absolute atomic E-state index is 5.42. The predicted molar refractivity (Wildman–Crippen MR) is 81.9 cm³/mol. The zero-order chi connectivity index (χ0) is 15.1. The van der Waals surface area contributed by atoms with Gasteiger partial charge in [0.25, 0.3) is 5.95 Å². The first kappa shape index (κ1) is 14.8. The van der Waals surface area contributed by atoms with Crippen LogP contribution in [-0.4, -0.2) is 47.0 Å². The summed E-state index contributed by atoms with van der Waals surface area (Å²) < 4.78 is 5.42. The third kappa shape index (κ3) is 3.68. The lowest BCUT2D eigenvalue weighted by atomic mass is 10.2. The van der Waals surface area contributed by atoms with E-state index in [4.69, 9.17) is 4.74 Å². The predicted octanol–water partition coefficient (Wildman–Crippen LogP) is 1.50. The Kier molecular flexibility index (Phi) is 5.08. The van der Waals surface area contributed by atoms with Crippen molar-refractivity contribution in [1.29, 1.82) is 0 Å². The third-order valence-electron chi connectivity index (χ3n) is 3.06. The molecule has 0 radical (unpaired) electrons. The molecule has 21 heavy (non-hydrogen) atoms. The monoisotopic (exact) mass is 289 g/mol. The van der Waals surface area contributed by atoms with Crippen molar-refractivity contribution in [2.24, 2.45) is 5.10 Å². The van der Waals surface area contributed by atoms with Crippen molar-refractivity contribution in [2.75, 3.05) is 30.5 Å². The van der Waals surface area contributed by atoms with Gasteiger partial charge in [0.15, 0.2) is 0 Å². The second kappa shape index (κ2) is 7.22. The normalized spacial score (nSPS) is 10.8. The maximum Gasteiger partial charge on any atom is 0.283 e. The molecule has 112 valence electrons. The number of methoxy groups -OCH3 is 1. The SMILES string of the molecule is CCN(CC)c1ccc(C=NNc2nn[nH]n2)c(OC)c1. The molecule has 2 rings (SSSR count). The zero-order valence-corrected chi connectivity index (χ0v) is 12.4. The average Bonchev–Trinajstić information content (AvgIpc) is 3.03. The Morgan fingerprint density at radius 3 is 2.81 bits per heavy atom. The van der Waals surface area contributed by atoms with Crippen molar-refractivity contribution in [3.05, 3.63) is 23.8 Å². The number of ether oxygens (including phenoxy) is 1.